The number of unbranched alkanes of at least 4 members (excludes halogenated alkanes) is 2. The van der Waals surface area contributed by atoms with E-state index < -0.39 is 5.56 Å². The van der Waals surface area contributed by atoms with Crippen LogP contribution in [0.5, 0.6) is 0 Å². The second kappa shape index (κ2) is 8.27. The molecule has 1 aromatic rings. The smallest absolute Gasteiger partial charge is 0.287 e. The molecule has 1 aromatic heterocycles. The maximum Gasteiger partial charge on any atom is 0.287 e. The van der Waals surface area contributed by atoms with Gasteiger partial charge >= 0.3 is 0 Å². The van der Waals surface area contributed by atoms with Crippen LogP contribution < -0.4 is 10.9 Å². The predicted molar refractivity (Wildman–Crippen MR) is 80.3 cm³/mol. The van der Waals surface area contributed by atoms with Crippen LogP contribution in [0.25, 0.3) is 0 Å². The van der Waals surface area contributed by atoms with Crippen molar-refractivity contribution in [3.05, 3.63) is 26.6 Å². The van der Waals surface area contributed by atoms with Crippen molar-refractivity contribution >= 4 is 29.1 Å². The molecule has 0 bridgehead atoms. The fourth-order valence-corrected chi connectivity index (χ4v) is 2.06. The number of hydrogen-bond donors (Lipinski definition) is 1. The molecule has 0 aliphatic heterocycles. The molecule has 1 amide bonds. The Kier molecular flexibility index (Phi) is 7.02. The fourth-order valence-electron chi connectivity index (χ4n) is 1.79. The van der Waals surface area contributed by atoms with E-state index in [0.29, 0.717) is 0 Å². The van der Waals surface area contributed by atoms with Gasteiger partial charge in [0.15, 0.2) is 0 Å². The maximum absolute atomic E-state index is 11.8. The molecule has 0 saturated carbocycles. The second-order valence-corrected chi connectivity index (χ2v) is 5.52. The van der Waals surface area contributed by atoms with Crippen LogP contribution in [0.3, 0.4) is 0 Å². The molecule has 0 aliphatic carbocycles. The Morgan fingerprint density at radius 3 is 2.80 bits per heavy atom. The highest BCUT2D eigenvalue weighted by atomic mass is 35.5. The topological polar surface area (TPSA) is 64.0 Å². The molecule has 20 heavy (non-hydrogen) atoms. The summed E-state index contributed by atoms with van der Waals surface area (Å²) in [4.78, 5) is 23.5. The highest BCUT2D eigenvalue weighted by molar-refractivity contribution is 6.41. The zero-order chi connectivity index (χ0) is 15.1. The number of halogens is 2. The Morgan fingerprint density at radius 2 is 2.15 bits per heavy atom. The van der Waals surface area contributed by atoms with E-state index in [1.807, 2.05) is 6.92 Å². The molecule has 0 spiro atoms. The summed E-state index contributed by atoms with van der Waals surface area (Å²) >= 11 is 11.4. The van der Waals surface area contributed by atoms with Gasteiger partial charge in [-0.3, -0.25) is 9.59 Å². The average Bonchev–Trinajstić information content (AvgIpc) is 2.40. The van der Waals surface area contributed by atoms with E-state index >= 15 is 0 Å². The minimum atomic E-state index is -0.562. The summed E-state index contributed by atoms with van der Waals surface area (Å²) in [6.07, 6.45) is 5.53. The van der Waals surface area contributed by atoms with E-state index in [1.165, 1.54) is 6.20 Å². The summed E-state index contributed by atoms with van der Waals surface area (Å²) in [5, 5.41) is 6.59. The van der Waals surface area contributed by atoms with Gasteiger partial charge in [-0.25, -0.2) is 4.68 Å². The number of aromatic nitrogens is 2. The molecule has 7 heteroatoms. The number of nitrogens with zero attached hydrogens (tertiary/aromatic N) is 2. The van der Waals surface area contributed by atoms with Crippen LogP contribution >= 0.6 is 23.2 Å². The Labute approximate surface area is 128 Å². The van der Waals surface area contributed by atoms with E-state index in [2.05, 4.69) is 17.3 Å². The van der Waals surface area contributed by atoms with Crippen molar-refractivity contribution in [2.45, 2.75) is 52.1 Å². The third-order valence-corrected chi connectivity index (χ3v) is 3.63. The van der Waals surface area contributed by atoms with Gasteiger partial charge in [-0.15, -0.1) is 0 Å². The molecule has 1 N–H and O–H groups in total. The van der Waals surface area contributed by atoms with Gasteiger partial charge in [-0.05, 0) is 13.3 Å². The molecule has 1 heterocycles. The van der Waals surface area contributed by atoms with Gasteiger partial charge in [-0.2, -0.15) is 5.10 Å². The summed E-state index contributed by atoms with van der Waals surface area (Å²) in [6, 6.07) is 0.0764. The van der Waals surface area contributed by atoms with Crippen molar-refractivity contribution in [3.8, 4) is 0 Å². The lowest BCUT2D eigenvalue weighted by atomic mass is 10.1. The van der Waals surface area contributed by atoms with Crippen molar-refractivity contribution in [3.63, 3.8) is 0 Å². The van der Waals surface area contributed by atoms with Crippen molar-refractivity contribution in [2.24, 2.45) is 0 Å². The zero-order valence-electron chi connectivity index (χ0n) is 11.7. The molecule has 112 valence electrons. The van der Waals surface area contributed by atoms with Crippen LogP contribution in [0.2, 0.25) is 10.0 Å². The first-order valence-electron chi connectivity index (χ1n) is 6.66. The van der Waals surface area contributed by atoms with Crippen LogP contribution in [-0.4, -0.2) is 21.7 Å². The van der Waals surface area contributed by atoms with Crippen LogP contribution in [-0.2, 0) is 11.3 Å². The van der Waals surface area contributed by atoms with Crippen molar-refractivity contribution in [1.29, 1.82) is 0 Å². The highest BCUT2D eigenvalue weighted by Crippen LogP contribution is 2.14. The largest absolute Gasteiger partial charge is 0.352 e. The quantitative estimate of drug-likeness (QED) is 0.786. The third-order valence-electron chi connectivity index (χ3n) is 2.88. The van der Waals surface area contributed by atoms with Crippen molar-refractivity contribution in [1.82, 2.24) is 15.1 Å². The van der Waals surface area contributed by atoms with Crippen LogP contribution in [0.15, 0.2) is 11.0 Å². The first-order valence-corrected chi connectivity index (χ1v) is 7.41. The third kappa shape index (κ3) is 5.13. The van der Waals surface area contributed by atoms with Gasteiger partial charge in [0.1, 0.15) is 11.6 Å². The summed E-state index contributed by atoms with van der Waals surface area (Å²) in [6.45, 7) is 3.91. The molecular weight excluding hydrogens is 301 g/mol. The molecule has 0 aromatic carbocycles. The highest BCUT2D eigenvalue weighted by Gasteiger charge is 2.12. The summed E-state index contributed by atoms with van der Waals surface area (Å²) in [7, 11) is 0. The minimum Gasteiger partial charge on any atom is -0.352 e. The van der Waals surface area contributed by atoms with Gasteiger partial charge < -0.3 is 5.32 Å². The number of rotatable bonds is 7. The normalized spacial score (nSPS) is 12.2. The van der Waals surface area contributed by atoms with Gasteiger partial charge in [0.05, 0.1) is 11.2 Å². The fraction of sp³-hybridized carbons (Fsp3) is 0.615. The van der Waals surface area contributed by atoms with Crippen LogP contribution in [0.1, 0.15) is 39.5 Å². The van der Waals surface area contributed by atoms with Gasteiger partial charge in [0.25, 0.3) is 5.56 Å². The molecule has 1 rings (SSSR count). The predicted octanol–water partition coefficient (Wildman–Crippen LogP) is 2.64. The molecule has 5 nitrogen and oxygen atoms in total. The Balaban J connectivity index is 2.55. The molecule has 1 unspecified atom stereocenters. The number of carbonyl (C=O) groups excluding carboxylic acids is 1. The van der Waals surface area contributed by atoms with Gasteiger partial charge in [0, 0.05) is 6.04 Å². The zero-order valence-corrected chi connectivity index (χ0v) is 13.2. The van der Waals surface area contributed by atoms with E-state index in [0.717, 1.165) is 30.4 Å². The van der Waals surface area contributed by atoms with Crippen molar-refractivity contribution < 1.29 is 4.79 Å². The standard InChI is InChI=1S/C13H19Cl2N3O2/c1-3-4-5-6-9(2)17-11(19)8-18-13(20)12(15)10(14)7-16-18/h7,9H,3-6,8H2,1-2H3,(H,17,19). The number of amides is 1. The van der Waals surface area contributed by atoms with E-state index in [9.17, 15) is 9.59 Å². The minimum absolute atomic E-state index is 0.0764. The first-order chi connectivity index (χ1) is 9.45. The number of hydrogen-bond acceptors (Lipinski definition) is 3. The lowest BCUT2D eigenvalue weighted by Crippen LogP contribution is -2.38. The molecule has 0 aliphatic rings. The van der Waals surface area contributed by atoms with Crippen LogP contribution in [0.4, 0.5) is 0 Å². The van der Waals surface area contributed by atoms with E-state index in [1.54, 1.807) is 0 Å². The maximum atomic E-state index is 11.8. The van der Waals surface area contributed by atoms with E-state index in [-0.39, 0.29) is 28.5 Å². The lowest BCUT2D eigenvalue weighted by Gasteiger charge is -2.14. The van der Waals surface area contributed by atoms with E-state index in [4.69, 9.17) is 23.2 Å². The summed E-state index contributed by atoms with van der Waals surface area (Å²) in [5.74, 6) is -0.262. The Morgan fingerprint density at radius 1 is 1.45 bits per heavy atom. The number of carbonyl (C=O) groups is 1. The molecular formula is C13H19Cl2N3O2. The Hall–Kier alpha value is -1.07. The SMILES string of the molecule is CCCCCC(C)NC(=O)Cn1ncc(Cl)c(Cl)c1=O. The second-order valence-electron chi connectivity index (χ2n) is 4.73. The average molecular weight is 320 g/mol. The summed E-state index contributed by atoms with van der Waals surface area (Å²) in [5.41, 5.74) is -0.562. The molecule has 0 radical (unpaired) electrons. The van der Waals surface area contributed by atoms with Crippen LogP contribution in [0, 0.1) is 0 Å². The van der Waals surface area contributed by atoms with Crippen molar-refractivity contribution in [2.75, 3.05) is 0 Å². The summed E-state index contributed by atoms with van der Waals surface area (Å²) < 4.78 is 1.00. The van der Waals surface area contributed by atoms with Gasteiger partial charge in [0.2, 0.25) is 5.91 Å². The Bertz CT molecular complexity index is 517. The molecule has 1 atom stereocenters. The monoisotopic (exact) mass is 319 g/mol. The first kappa shape index (κ1) is 17.0. The molecule has 0 fully saturated rings. The molecule has 0 saturated heterocycles. The number of nitrogens with one attached hydrogen (secondary N) is 1. The van der Waals surface area contributed by atoms with Gasteiger partial charge in [-0.1, -0.05) is 49.4 Å². The lowest BCUT2D eigenvalue weighted by molar-refractivity contribution is -0.122.